The van der Waals surface area contributed by atoms with Gasteiger partial charge in [-0.25, -0.2) is 4.98 Å². The molecule has 1 amide bonds. The maximum atomic E-state index is 12.5. The van der Waals surface area contributed by atoms with Crippen molar-refractivity contribution in [2.24, 2.45) is 0 Å². The van der Waals surface area contributed by atoms with Gasteiger partial charge >= 0.3 is 0 Å². The van der Waals surface area contributed by atoms with Crippen LogP contribution in [-0.4, -0.2) is 21.2 Å². The van der Waals surface area contributed by atoms with Crippen LogP contribution in [0.5, 0.6) is 0 Å². The Morgan fingerprint density at radius 2 is 1.78 bits per heavy atom. The van der Waals surface area contributed by atoms with Crippen LogP contribution in [0.15, 0.2) is 84.1 Å². The summed E-state index contributed by atoms with van der Waals surface area (Å²) in [7, 11) is 0. The summed E-state index contributed by atoms with van der Waals surface area (Å²) in [6.07, 6.45) is 2.07. The lowest BCUT2D eigenvalue weighted by atomic mass is 10.1. The summed E-state index contributed by atoms with van der Waals surface area (Å²) in [6.45, 7) is 4.92. The number of aromatic nitrogens is 2. The highest BCUT2D eigenvalue weighted by atomic mass is 35.5. The van der Waals surface area contributed by atoms with Gasteiger partial charge in [-0.3, -0.25) is 4.79 Å². The summed E-state index contributed by atoms with van der Waals surface area (Å²) in [4.78, 5) is 17.4. The fourth-order valence-corrected chi connectivity index (χ4v) is 4.29. The first-order valence-corrected chi connectivity index (χ1v) is 11.7. The van der Waals surface area contributed by atoms with E-state index in [1.54, 1.807) is 24.3 Å². The molecule has 4 nitrogen and oxygen atoms in total. The van der Waals surface area contributed by atoms with Crippen molar-refractivity contribution in [2.45, 2.75) is 25.5 Å². The van der Waals surface area contributed by atoms with Crippen LogP contribution in [0.4, 0.5) is 5.69 Å². The lowest BCUT2D eigenvalue weighted by molar-refractivity contribution is -0.113. The van der Waals surface area contributed by atoms with Crippen LogP contribution in [0.25, 0.3) is 11.3 Å². The van der Waals surface area contributed by atoms with E-state index in [-0.39, 0.29) is 11.7 Å². The molecule has 0 aliphatic carbocycles. The first-order chi connectivity index (χ1) is 15.5. The van der Waals surface area contributed by atoms with Gasteiger partial charge in [0.1, 0.15) is 0 Å². The van der Waals surface area contributed by atoms with Crippen molar-refractivity contribution in [1.29, 1.82) is 0 Å². The van der Waals surface area contributed by atoms with E-state index in [1.165, 1.54) is 28.5 Å². The first kappa shape index (κ1) is 22.2. The summed E-state index contributed by atoms with van der Waals surface area (Å²) < 4.78 is 2.13. The van der Waals surface area contributed by atoms with Gasteiger partial charge in [0.2, 0.25) is 5.91 Å². The molecule has 0 saturated heterocycles. The molecule has 0 bridgehead atoms. The zero-order chi connectivity index (χ0) is 22.5. The number of aryl methyl sites for hydroxylation is 2. The van der Waals surface area contributed by atoms with Crippen molar-refractivity contribution in [3.63, 3.8) is 0 Å². The molecule has 32 heavy (non-hydrogen) atoms. The summed E-state index contributed by atoms with van der Waals surface area (Å²) in [5.41, 5.74) is 6.39. The second-order valence-corrected chi connectivity index (χ2v) is 9.06. The van der Waals surface area contributed by atoms with Gasteiger partial charge in [-0.15, -0.1) is 0 Å². The fourth-order valence-electron chi connectivity index (χ4n) is 3.39. The van der Waals surface area contributed by atoms with Gasteiger partial charge in [-0.2, -0.15) is 0 Å². The predicted molar refractivity (Wildman–Crippen MR) is 133 cm³/mol. The van der Waals surface area contributed by atoms with Crippen molar-refractivity contribution in [3.05, 3.63) is 101 Å². The van der Waals surface area contributed by atoms with Gasteiger partial charge in [0, 0.05) is 29.0 Å². The SMILES string of the molecule is Cc1ccc(C)c(Cn2cc(-c3ccccc3)nc2SCC(=O)Nc2ccc(Cl)cc2)c1. The molecule has 0 aliphatic heterocycles. The minimum atomic E-state index is -0.0835. The number of amides is 1. The van der Waals surface area contributed by atoms with E-state index in [0.29, 0.717) is 11.6 Å². The lowest BCUT2D eigenvalue weighted by Gasteiger charge is -2.11. The molecular weight excluding hydrogens is 438 g/mol. The molecule has 0 atom stereocenters. The molecule has 1 aromatic heterocycles. The third-order valence-electron chi connectivity index (χ3n) is 5.12. The minimum absolute atomic E-state index is 0.0835. The zero-order valence-electron chi connectivity index (χ0n) is 18.0. The van der Waals surface area contributed by atoms with E-state index < -0.39 is 0 Å². The van der Waals surface area contributed by atoms with Crippen molar-refractivity contribution in [2.75, 3.05) is 11.1 Å². The van der Waals surface area contributed by atoms with Gasteiger partial charge in [0.05, 0.1) is 11.4 Å². The Kier molecular flexibility index (Phi) is 6.98. The summed E-state index contributed by atoms with van der Waals surface area (Å²) in [6, 6.07) is 23.7. The average Bonchev–Trinajstić information content (AvgIpc) is 3.20. The van der Waals surface area contributed by atoms with Gasteiger partial charge in [0.15, 0.2) is 5.16 Å². The summed E-state index contributed by atoms with van der Waals surface area (Å²) in [5, 5.41) is 4.36. The highest BCUT2D eigenvalue weighted by molar-refractivity contribution is 7.99. The molecule has 0 aliphatic rings. The molecule has 0 radical (unpaired) electrons. The van der Waals surface area contributed by atoms with Crippen LogP contribution in [0, 0.1) is 13.8 Å². The molecule has 162 valence electrons. The molecule has 1 N–H and O–H groups in total. The van der Waals surface area contributed by atoms with Gasteiger partial charge in [-0.1, -0.05) is 77.5 Å². The fraction of sp³-hybridized carbons (Fsp3) is 0.154. The van der Waals surface area contributed by atoms with Gasteiger partial charge in [0.25, 0.3) is 0 Å². The Labute approximate surface area is 197 Å². The minimum Gasteiger partial charge on any atom is -0.325 e. The van der Waals surface area contributed by atoms with Crippen LogP contribution < -0.4 is 5.32 Å². The largest absolute Gasteiger partial charge is 0.325 e. The number of benzene rings is 3. The van der Waals surface area contributed by atoms with Gasteiger partial charge < -0.3 is 9.88 Å². The molecule has 1 heterocycles. The van der Waals surface area contributed by atoms with Crippen LogP contribution in [-0.2, 0) is 11.3 Å². The Bertz CT molecular complexity index is 1220. The third-order valence-corrected chi connectivity index (χ3v) is 6.36. The number of nitrogens with one attached hydrogen (secondary N) is 1. The van der Waals surface area contributed by atoms with Crippen molar-refractivity contribution in [3.8, 4) is 11.3 Å². The maximum Gasteiger partial charge on any atom is 0.234 e. The molecule has 4 rings (SSSR count). The Morgan fingerprint density at radius 1 is 1.03 bits per heavy atom. The molecule has 0 spiro atoms. The smallest absolute Gasteiger partial charge is 0.234 e. The highest BCUT2D eigenvalue weighted by Crippen LogP contribution is 2.26. The van der Waals surface area contributed by atoms with Crippen LogP contribution in [0.3, 0.4) is 0 Å². The lowest BCUT2D eigenvalue weighted by Crippen LogP contribution is -2.14. The molecular formula is C26H24ClN3OS. The Morgan fingerprint density at radius 3 is 2.53 bits per heavy atom. The molecule has 0 fully saturated rings. The quantitative estimate of drug-likeness (QED) is 0.315. The number of hydrogen-bond donors (Lipinski definition) is 1. The number of nitrogens with zero attached hydrogens (tertiary/aromatic N) is 2. The predicted octanol–water partition coefficient (Wildman–Crippen LogP) is 6.60. The van der Waals surface area contributed by atoms with Crippen molar-refractivity contribution >= 4 is 35.0 Å². The number of carbonyl (C=O) groups is 1. The van der Waals surface area contributed by atoms with E-state index in [2.05, 4.69) is 48.1 Å². The van der Waals surface area contributed by atoms with Crippen molar-refractivity contribution < 1.29 is 4.79 Å². The van der Waals surface area contributed by atoms with Crippen LogP contribution in [0.2, 0.25) is 5.02 Å². The van der Waals surface area contributed by atoms with Crippen LogP contribution >= 0.6 is 23.4 Å². The van der Waals surface area contributed by atoms with E-state index in [1.807, 2.05) is 30.3 Å². The zero-order valence-corrected chi connectivity index (χ0v) is 19.6. The normalized spacial score (nSPS) is 10.8. The van der Waals surface area contributed by atoms with E-state index in [0.717, 1.165) is 22.1 Å². The number of halogens is 1. The number of anilines is 1. The maximum absolute atomic E-state index is 12.5. The standard InChI is InChI=1S/C26H24ClN3OS/c1-18-8-9-19(2)21(14-18)15-30-16-24(20-6-4-3-5-7-20)29-26(30)32-17-25(31)28-23-12-10-22(27)11-13-23/h3-14,16H,15,17H2,1-2H3,(H,28,31). The second-order valence-electron chi connectivity index (χ2n) is 7.68. The van der Waals surface area contributed by atoms with Crippen LogP contribution in [0.1, 0.15) is 16.7 Å². The number of carbonyl (C=O) groups excluding carboxylic acids is 1. The van der Waals surface area contributed by atoms with Crippen molar-refractivity contribution in [1.82, 2.24) is 9.55 Å². The Balaban J connectivity index is 1.55. The molecule has 6 heteroatoms. The molecule has 0 saturated carbocycles. The molecule has 0 unspecified atom stereocenters. The number of imidazole rings is 1. The monoisotopic (exact) mass is 461 g/mol. The first-order valence-electron chi connectivity index (χ1n) is 10.3. The van der Waals surface area contributed by atoms with E-state index in [9.17, 15) is 4.79 Å². The average molecular weight is 462 g/mol. The Hall–Kier alpha value is -3.02. The number of thioether (sulfide) groups is 1. The highest BCUT2D eigenvalue weighted by Gasteiger charge is 2.14. The summed E-state index contributed by atoms with van der Waals surface area (Å²) >= 11 is 7.36. The second kappa shape index (κ2) is 10.1. The van der Waals surface area contributed by atoms with Gasteiger partial charge in [-0.05, 0) is 49.2 Å². The summed E-state index contributed by atoms with van der Waals surface area (Å²) in [5.74, 6) is 0.181. The number of hydrogen-bond acceptors (Lipinski definition) is 3. The number of rotatable bonds is 7. The van der Waals surface area contributed by atoms with E-state index in [4.69, 9.17) is 16.6 Å². The van der Waals surface area contributed by atoms with E-state index >= 15 is 0 Å². The third kappa shape index (κ3) is 5.61. The molecule has 3 aromatic carbocycles. The topological polar surface area (TPSA) is 46.9 Å². The molecule has 4 aromatic rings.